The smallest absolute Gasteiger partial charge is 0.345 e. The van der Waals surface area contributed by atoms with Crippen molar-refractivity contribution in [3.63, 3.8) is 0 Å². The van der Waals surface area contributed by atoms with E-state index in [1.165, 1.54) is 0 Å². The maximum absolute atomic E-state index is 13.3. The third-order valence-electron chi connectivity index (χ3n) is 6.43. The summed E-state index contributed by atoms with van der Waals surface area (Å²) in [6, 6.07) is 7.80. The van der Waals surface area contributed by atoms with Gasteiger partial charge in [-0.15, -0.1) is 0 Å². The molecule has 0 saturated heterocycles. The molecule has 31 heavy (non-hydrogen) atoms. The molecule has 1 aliphatic heterocycles. The topological polar surface area (TPSA) is 55.8 Å². The zero-order valence-electron chi connectivity index (χ0n) is 18.8. The van der Waals surface area contributed by atoms with E-state index in [1.807, 2.05) is 32.0 Å². The van der Waals surface area contributed by atoms with Crippen molar-refractivity contribution in [1.29, 1.82) is 0 Å². The number of phenols is 1. The number of unbranched alkanes of at least 4 members (excludes halogenated alkanes) is 2. The number of fused-ring (bicyclic) bond motifs is 1. The standard InChI is InChI=1S/C27H32O4/c1-5-6-7-10-19-16-22(28)24(21-15-18(4)11-12-20(21)17(2)3)25-23(19)26(29)31-27(30-25)13-8-9-14-27/h11-12,15-16,28H,2,5-10,13-14H2,1,3-4H3. The number of aryl methyl sites for hydroxylation is 2. The van der Waals surface area contributed by atoms with E-state index < -0.39 is 5.79 Å². The molecule has 1 heterocycles. The molecule has 0 radical (unpaired) electrons. The van der Waals surface area contributed by atoms with Gasteiger partial charge in [0.25, 0.3) is 5.79 Å². The van der Waals surface area contributed by atoms with E-state index in [0.29, 0.717) is 36.1 Å². The van der Waals surface area contributed by atoms with Crippen LogP contribution in [0.2, 0.25) is 0 Å². The molecule has 164 valence electrons. The first-order valence-electron chi connectivity index (χ1n) is 11.4. The summed E-state index contributed by atoms with van der Waals surface area (Å²) in [5.74, 6) is -0.639. The van der Waals surface area contributed by atoms with Gasteiger partial charge in [0, 0.05) is 12.8 Å². The van der Waals surface area contributed by atoms with Crippen LogP contribution >= 0.6 is 0 Å². The van der Waals surface area contributed by atoms with Crippen LogP contribution in [0.15, 0.2) is 30.8 Å². The van der Waals surface area contributed by atoms with Crippen molar-refractivity contribution >= 4 is 11.5 Å². The number of hydrogen-bond acceptors (Lipinski definition) is 4. The minimum absolute atomic E-state index is 0.140. The Labute approximate surface area is 184 Å². The minimum atomic E-state index is -0.916. The largest absolute Gasteiger partial charge is 0.507 e. The SMILES string of the molecule is C=C(C)c1ccc(C)cc1-c1c(O)cc(CCCCC)c2c1OC1(CCCC1)OC2=O. The molecule has 1 aliphatic carbocycles. The Bertz CT molecular complexity index is 1030. The van der Waals surface area contributed by atoms with Gasteiger partial charge in [-0.3, -0.25) is 0 Å². The number of carbonyl (C=O) groups is 1. The first-order chi connectivity index (χ1) is 14.8. The van der Waals surface area contributed by atoms with Crippen molar-refractivity contribution < 1.29 is 19.4 Å². The second-order valence-corrected chi connectivity index (χ2v) is 9.03. The first-order valence-corrected chi connectivity index (χ1v) is 11.4. The highest BCUT2D eigenvalue weighted by Crippen LogP contribution is 2.51. The van der Waals surface area contributed by atoms with E-state index in [0.717, 1.165) is 59.9 Å². The predicted octanol–water partition coefficient (Wildman–Crippen LogP) is 6.95. The van der Waals surface area contributed by atoms with E-state index in [9.17, 15) is 9.90 Å². The molecule has 0 amide bonds. The van der Waals surface area contributed by atoms with Gasteiger partial charge >= 0.3 is 5.97 Å². The Kier molecular flexibility index (Phi) is 5.83. The van der Waals surface area contributed by atoms with Crippen LogP contribution in [0.4, 0.5) is 0 Å². The molecule has 2 aromatic carbocycles. The van der Waals surface area contributed by atoms with Crippen molar-refractivity contribution in [2.45, 2.75) is 77.9 Å². The molecule has 1 N–H and O–H groups in total. The Morgan fingerprint density at radius 1 is 1.13 bits per heavy atom. The molecule has 1 saturated carbocycles. The highest BCUT2D eigenvalue weighted by molar-refractivity contribution is 6.01. The Balaban J connectivity index is 1.95. The Morgan fingerprint density at radius 2 is 1.87 bits per heavy atom. The van der Waals surface area contributed by atoms with Gasteiger partial charge in [0.05, 0.1) is 5.56 Å². The Morgan fingerprint density at radius 3 is 2.55 bits per heavy atom. The molecule has 2 aliphatic rings. The van der Waals surface area contributed by atoms with Crippen LogP contribution in [0.25, 0.3) is 16.7 Å². The van der Waals surface area contributed by atoms with Gasteiger partial charge in [0.1, 0.15) is 11.3 Å². The number of aromatic hydroxyl groups is 1. The van der Waals surface area contributed by atoms with Crippen molar-refractivity contribution in [3.8, 4) is 22.6 Å². The number of ether oxygens (including phenoxy) is 2. The maximum atomic E-state index is 13.3. The van der Waals surface area contributed by atoms with Crippen LogP contribution in [-0.2, 0) is 11.2 Å². The van der Waals surface area contributed by atoms with Crippen molar-refractivity contribution in [1.82, 2.24) is 0 Å². The van der Waals surface area contributed by atoms with E-state index in [2.05, 4.69) is 13.5 Å². The molecule has 0 unspecified atom stereocenters. The number of hydrogen-bond donors (Lipinski definition) is 1. The monoisotopic (exact) mass is 420 g/mol. The molecule has 2 aromatic rings. The minimum Gasteiger partial charge on any atom is -0.507 e. The number of esters is 1. The number of rotatable bonds is 6. The van der Waals surface area contributed by atoms with Crippen LogP contribution in [0.5, 0.6) is 11.5 Å². The second kappa shape index (κ2) is 8.41. The molecule has 4 rings (SSSR count). The molecule has 0 aromatic heterocycles. The fourth-order valence-electron chi connectivity index (χ4n) is 4.83. The second-order valence-electron chi connectivity index (χ2n) is 9.03. The third kappa shape index (κ3) is 3.96. The van der Waals surface area contributed by atoms with E-state index >= 15 is 0 Å². The van der Waals surface area contributed by atoms with Crippen LogP contribution in [0.3, 0.4) is 0 Å². The summed E-state index contributed by atoms with van der Waals surface area (Å²) < 4.78 is 12.4. The lowest BCUT2D eigenvalue weighted by atomic mass is 9.88. The summed E-state index contributed by atoms with van der Waals surface area (Å²) in [6.45, 7) is 10.2. The van der Waals surface area contributed by atoms with E-state index in [-0.39, 0.29) is 11.7 Å². The zero-order valence-corrected chi connectivity index (χ0v) is 18.8. The number of phenolic OH excluding ortho intramolecular Hbond substituents is 1. The molecule has 4 nitrogen and oxygen atoms in total. The van der Waals surface area contributed by atoms with Crippen LogP contribution in [0, 0.1) is 6.92 Å². The lowest BCUT2D eigenvalue weighted by Crippen LogP contribution is -2.42. The number of benzene rings is 2. The fourth-order valence-corrected chi connectivity index (χ4v) is 4.83. The maximum Gasteiger partial charge on any atom is 0.345 e. The molecule has 1 fully saturated rings. The fraction of sp³-hybridized carbons (Fsp3) is 0.444. The van der Waals surface area contributed by atoms with Gasteiger partial charge in [-0.05, 0) is 62.3 Å². The average Bonchev–Trinajstić information content (AvgIpc) is 3.14. The lowest BCUT2D eigenvalue weighted by molar-refractivity contribution is -0.148. The summed E-state index contributed by atoms with van der Waals surface area (Å²) in [5.41, 5.74) is 5.56. The normalized spacial score (nSPS) is 16.7. The molecule has 0 bridgehead atoms. The van der Waals surface area contributed by atoms with E-state index in [4.69, 9.17) is 9.47 Å². The summed E-state index contributed by atoms with van der Waals surface area (Å²) in [6.07, 6.45) is 7.08. The third-order valence-corrected chi connectivity index (χ3v) is 6.43. The zero-order chi connectivity index (χ0) is 22.2. The van der Waals surface area contributed by atoms with Gasteiger partial charge < -0.3 is 14.6 Å². The summed E-state index contributed by atoms with van der Waals surface area (Å²) in [4.78, 5) is 13.3. The van der Waals surface area contributed by atoms with Crippen molar-refractivity contribution in [2.75, 3.05) is 0 Å². The van der Waals surface area contributed by atoms with Gasteiger partial charge in [0.2, 0.25) is 0 Å². The van der Waals surface area contributed by atoms with Crippen molar-refractivity contribution in [3.05, 3.63) is 53.1 Å². The van der Waals surface area contributed by atoms with Crippen LogP contribution in [0.1, 0.15) is 85.8 Å². The summed E-state index contributed by atoms with van der Waals surface area (Å²) in [5, 5.41) is 11.2. The van der Waals surface area contributed by atoms with Crippen LogP contribution in [-0.4, -0.2) is 16.9 Å². The highest BCUT2D eigenvalue weighted by Gasteiger charge is 2.47. The lowest BCUT2D eigenvalue weighted by Gasteiger charge is -2.37. The van der Waals surface area contributed by atoms with Gasteiger partial charge in [-0.1, -0.05) is 55.7 Å². The molecule has 1 spiro atoms. The van der Waals surface area contributed by atoms with Crippen molar-refractivity contribution in [2.24, 2.45) is 0 Å². The number of carbonyl (C=O) groups excluding carboxylic acids is 1. The summed E-state index contributed by atoms with van der Waals surface area (Å²) in [7, 11) is 0. The van der Waals surface area contributed by atoms with E-state index in [1.54, 1.807) is 6.07 Å². The van der Waals surface area contributed by atoms with Gasteiger partial charge in [-0.25, -0.2) is 4.79 Å². The van der Waals surface area contributed by atoms with Gasteiger partial charge in [-0.2, -0.15) is 0 Å². The predicted molar refractivity (Wildman–Crippen MR) is 123 cm³/mol. The number of allylic oxidation sites excluding steroid dienone is 1. The Hall–Kier alpha value is -2.75. The molecule has 0 atom stereocenters. The first kappa shape index (κ1) is 21.5. The van der Waals surface area contributed by atoms with Gasteiger partial charge in [0.15, 0.2) is 5.75 Å². The molecular formula is C27H32O4. The quantitative estimate of drug-likeness (QED) is 0.406. The molecular weight excluding hydrogens is 388 g/mol. The molecule has 4 heteroatoms. The van der Waals surface area contributed by atoms with Crippen LogP contribution < -0.4 is 4.74 Å². The highest BCUT2D eigenvalue weighted by atomic mass is 16.7. The average molecular weight is 421 g/mol. The summed E-state index contributed by atoms with van der Waals surface area (Å²) >= 11 is 0.